The number of thiophene rings is 1. The molecule has 1 atom stereocenters. The Balaban J connectivity index is 1.90. The summed E-state index contributed by atoms with van der Waals surface area (Å²) in [6.07, 6.45) is 3.51. The van der Waals surface area contributed by atoms with Gasteiger partial charge in [-0.3, -0.25) is 9.59 Å². The third-order valence-corrected chi connectivity index (χ3v) is 5.50. The maximum absolute atomic E-state index is 12.7. The standard InChI is InChI=1S/C19H23N3O3S/c1-10(2)7-8-11(3)20-18(24)15-12(4)14-17(23)21-16(22-19(14)26-15)13-6-5-9-25-13/h5-6,9-11H,7-8H2,1-4H3,(H,20,24)(H,21,22,23)/t11-/m0/s1. The lowest BCUT2D eigenvalue weighted by Gasteiger charge is -2.14. The highest BCUT2D eigenvalue weighted by Crippen LogP contribution is 2.28. The molecule has 3 heterocycles. The topological polar surface area (TPSA) is 88.0 Å². The van der Waals surface area contributed by atoms with Gasteiger partial charge in [0.15, 0.2) is 11.6 Å². The van der Waals surface area contributed by atoms with Crippen molar-refractivity contribution in [1.82, 2.24) is 15.3 Å². The van der Waals surface area contributed by atoms with E-state index in [1.54, 1.807) is 19.1 Å². The SMILES string of the molecule is Cc1c(C(=O)N[C@@H](C)CCC(C)C)sc2nc(-c3ccco3)[nH]c(=O)c12. The lowest BCUT2D eigenvalue weighted by Crippen LogP contribution is -2.32. The number of aromatic amines is 1. The lowest BCUT2D eigenvalue weighted by molar-refractivity contribution is 0.0941. The molecule has 3 rings (SSSR count). The molecule has 0 spiro atoms. The van der Waals surface area contributed by atoms with Gasteiger partial charge in [-0.25, -0.2) is 4.98 Å². The molecule has 0 radical (unpaired) electrons. The zero-order chi connectivity index (χ0) is 18.8. The van der Waals surface area contributed by atoms with Gasteiger partial charge >= 0.3 is 0 Å². The molecule has 3 aromatic heterocycles. The molecule has 1 amide bonds. The molecule has 26 heavy (non-hydrogen) atoms. The highest BCUT2D eigenvalue weighted by molar-refractivity contribution is 7.20. The number of rotatable bonds is 6. The summed E-state index contributed by atoms with van der Waals surface area (Å²) in [5.74, 6) is 1.30. The van der Waals surface area contributed by atoms with Crippen LogP contribution >= 0.6 is 11.3 Å². The molecule has 0 aromatic carbocycles. The molecular weight excluding hydrogens is 350 g/mol. The monoisotopic (exact) mass is 373 g/mol. The van der Waals surface area contributed by atoms with Gasteiger partial charge in [0, 0.05) is 6.04 Å². The van der Waals surface area contributed by atoms with E-state index in [2.05, 4.69) is 29.1 Å². The number of fused-ring (bicyclic) bond motifs is 1. The van der Waals surface area contributed by atoms with E-state index >= 15 is 0 Å². The number of aryl methyl sites for hydroxylation is 1. The van der Waals surface area contributed by atoms with Crippen molar-refractivity contribution in [2.24, 2.45) is 5.92 Å². The van der Waals surface area contributed by atoms with Gasteiger partial charge in [0.05, 0.1) is 16.5 Å². The maximum Gasteiger partial charge on any atom is 0.261 e. The fraction of sp³-hybridized carbons (Fsp3) is 0.421. The first-order valence-corrected chi connectivity index (χ1v) is 9.56. The number of aromatic nitrogens is 2. The predicted octanol–water partition coefficient (Wildman–Crippen LogP) is 4.11. The summed E-state index contributed by atoms with van der Waals surface area (Å²) in [4.78, 5) is 33.4. The normalized spacial score (nSPS) is 12.7. The molecule has 0 bridgehead atoms. The number of hydrogen-bond acceptors (Lipinski definition) is 5. The fourth-order valence-corrected chi connectivity index (χ4v) is 3.92. The molecule has 6 nitrogen and oxygen atoms in total. The Morgan fingerprint density at radius 2 is 2.12 bits per heavy atom. The maximum atomic E-state index is 12.7. The molecule has 0 aliphatic heterocycles. The Kier molecular flexibility index (Phi) is 5.27. The first-order chi connectivity index (χ1) is 12.4. The Morgan fingerprint density at radius 3 is 2.77 bits per heavy atom. The molecule has 3 aromatic rings. The molecular formula is C19H23N3O3S. The van der Waals surface area contributed by atoms with E-state index in [4.69, 9.17) is 4.42 Å². The van der Waals surface area contributed by atoms with Gasteiger partial charge in [0.25, 0.3) is 11.5 Å². The number of H-pyrrole nitrogens is 1. The summed E-state index contributed by atoms with van der Waals surface area (Å²) in [5.41, 5.74) is 0.403. The van der Waals surface area contributed by atoms with E-state index in [-0.39, 0.29) is 17.5 Å². The zero-order valence-corrected chi connectivity index (χ0v) is 16.2. The van der Waals surface area contributed by atoms with Gasteiger partial charge in [-0.05, 0) is 50.3 Å². The van der Waals surface area contributed by atoms with E-state index in [1.807, 2.05) is 6.92 Å². The van der Waals surface area contributed by atoms with Crippen LogP contribution in [0.25, 0.3) is 21.8 Å². The second-order valence-electron chi connectivity index (χ2n) is 6.97. The van der Waals surface area contributed by atoms with E-state index < -0.39 is 0 Å². The van der Waals surface area contributed by atoms with Gasteiger partial charge in [-0.2, -0.15) is 0 Å². The van der Waals surface area contributed by atoms with Crippen LogP contribution in [0.4, 0.5) is 0 Å². The largest absolute Gasteiger partial charge is 0.461 e. The van der Waals surface area contributed by atoms with Crippen LogP contribution in [0.1, 0.15) is 48.8 Å². The molecule has 0 fully saturated rings. The van der Waals surface area contributed by atoms with Gasteiger partial charge < -0.3 is 14.7 Å². The number of amides is 1. The average molecular weight is 373 g/mol. The number of nitrogens with zero attached hydrogens (tertiary/aromatic N) is 1. The number of nitrogens with one attached hydrogen (secondary N) is 2. The second-order valence-corrected chi connectivity index (χ2v) is 7.97. The van der Waals surface area contributed by atoms with Crippen molar-refractivity contribution in [3.63, 3.8) is 0 Å². The Bertz CT molecular complexity index is 970. The van der Waals surface area contributed by atoms with Crippen molar-refractivity contribution in [3.05, 3.63) is 39.2 Å². The van der Waals surface area contributed by atoms with Crippen LogP contribution in [0, 0.1) is 12.8 Å². The van der Waals surface area contributed by atoms with Crippen molar-refractivity contribution in [2.45, 2.75) is 46.6 Å². The van der Waals surface area contributed by atoms with Crippen molar-refractivity contribution in [2.75, 3.05) is 0 Å². The summed E-state index contributed by atoms with van der Waals surface area (Å²) < 4.78 is 5.30. The van der Waals surface area contributed by atoms with Crippen LogP contribution in [0.2, 0.25) is 0 Å². The third kappa shape index (κ3) is 3.72. The molecule has 138 valence electrons. The Morgan fingerprint density at radius 1 is 1.35 bits per heavy atom. The molecule has 0 aliphatic carbocycles. The molecule has 0 saturated carbocycles. The Hall–Kier alpha value is -2.41. The Labute approximate surface area is 155 Å². The minimum atomic E-state index is -0.262. The van der Waals surface area contributed by atoms with Crippen LogP contribution in [0.5, 0.6) is 0 Å². The van der Waals surface area contributed by atoms with E-state index in [1.165, 1.54) is 17.6 Å². The number of hydrogen-bond donors (Lipinski definition) is 2. The van der Waals surface area contributed by atoms with Crippen LogP contribution < -0.4 is 10.9 Å². The number of carbonyl (C=O) groups excluding carboxylic acids is 1. The van der Waals surface area contributed by atoms with Crippen molar-refractivity contribution < 1.29 is 9.21 Å². The minimum absolute atomic E-state index is 0.0828. The summed E-state index contributed by atoms with van der Waals surface area (Å²) in [7, 11) is 0. The first-order valence-electron chi connectivity index (χ1n) is 8.75. The zero-order valence-electron chi connectivity index (χ0n) is 15.4. The van der Waals surface area contributed by atoms with Gasteiger partial charge in [0.1, 0.15) is 4.83 Å². The van der Waals surface area contributed by atoms with E-state index in [0.717, 1.165) is 12.8 Å². The number of furan rings is 1. The van der Waals surface area contributed by atoms with Crippen LogP contribution in [-0.2, 0) is 0 Å². The fourth-order valence-electron chi connectivity index (χ4n) is 2.84. The first kappa shape index (κ1) is 18.4. The van der Waals surface area contributed by atoms with Gasteiger partial charge in [0.2, 0.25) is 0 Å². The average Bonchev–Trinajstić information content (AvgIpc) is 3.21. The van der Waals surface area contributed by atoms with Crippen molar-refractivity contribution in [3.8, 4) is 11.6 Å². The van der Waals surface area contributed by atoms with Crippen LogP contribution in [-0.4, -0.2) is 21.9 Å². The quantitative estimate of drug-likeness (QED) is 0.681. The summed E-state index contributed by atoms with van der Waals surface area (Å²) in [5, 5.41) is 3.49. The van der Waals surface area contributed by atoms with E-state index in [0.29, 0.717) is 38.2 Å². The summed E-state index contributed by atoms with van der Waals surface area (Å²) >= 11 is 1.24. The van der Waals surface area contributed by atoms with Crippen LogP contribution in [0.15, 0.2) is 27.6 Å². The molecule has 0 unspecified atom stereocenters. The lowest BCUT2D eigenvalue weighted by atomic mass is 10.0. The molecule has 2 N–H and O–H groups in total. The third-order valence-electron chi connectivity index (χ3n) is 4.32. The minimum Gasteiger partial charge on any atom is -0.461 e. The second kappa shape index (κ2) is 7.45. The summed E-state index contributed by atoms with van der Waals surface area (Å²) in [6.45, 7) is 8.12. The van der Waals surface area contributed by atoms with Gasteiger partial charge in [-0.1, -0.05) is 13.8 Å². The summed E-state index contributed by atoms with van der Waals surface area (Å²) in [6, 6.07) is 3.55. The predicted molar refractivity (Wildman–Crippen MR) is 104 cm³/mol. The highest BCUT2D eigenvalue weighted by atomic mass is 32.1. The van der Waals surface area contributed by atoms with Crippen molar-refractivity contribution >= 4 is 27.5 Å². The molecule has 0 saturated heterocycles. The molecule has 7 heteroatoms. The highest BCUT2D eigenvalue weighted by Gasteiger charge is 2.21. The smallest absolute Gasteiger partial charge is 0.261 e. The number of carbonyl (C=O) groups is 1. The van der Waals surface area contributed by atoms with Crippen LogP contribution in [0.3, 0.4) is 0 Å². The molecule has 0 aliphatic rings. The van der Waals surface area contributed by atoms with E-state index in [9.17, 15) is 9.59 Å². The van der Waals surface area contributed by atoms with Crippen molar-refractivity contribution in [1.29, 1.82) is 0 Å². The van der Waals surface area contributed by atoms with Gasteiger partial charge in [-0.15, -0.1) is 11.3 Å².